The number of nitrogens with zero attached hydrogens (tertiary/aromatic N) is 1. The standard InChI is InChI=1S/C21H23N3O2S/c1-14(20-23-17-9-3-4-10-18(17)24-20)22-21(25)16-8-2-5-11-19(16)27-13-15-7-6-12-26-15/h2-5,8-11,14-15H,6-7,12-13H2,1H3,(H,22,25)(H,23,24). The predicted octanol–water partition coefficient (Wildman–Crippen LogP) is 4.33. The van der Waals surface area contributed by atoms with Gasteiger partial charge in [-0.3, -0.25) is 4.79 Å². The fourth-order valence-corrected chi connectivity index (χ4v) is 4.38. The number of fused-ring (bicyclic) bond motifs is 1. The van der Waals surface area contributed by atoms with Crippen molar-refractivity contribution in [3.8, 4) is 0 Å². The SMILES string of the molecule is CC(NC(=O)c1ccccc1SCC1CCCO1)c1nc2ccccc2[nH]1. The summed E-state index contributed by atoms with van der Waals surface area (Å²) in [7, 11) is 0. The Morgan fingerprint density at radius 3 is 2.93 bits per heavy atom. The molecule has 1 amide bonds. The van der Waals surface area contributed by atoms with Gasteiger partial charge in [0.15, 0.2) is 0 Å². The molecule has 2 N–H and O–H groups in total. The number of nitrogens with one attached hydrogen (secondary N) is 2. The van der Waals surface area contributed by atoms with Crippen molar-refractivity contribution in [3.05, 3.63) is 59.9 Å². The summed E-state index contributed by atoms with van der Waals surface area (Å²) in [5, 5.41) is 3.06. The molecule has 1 aliphatic rings. The maximum absolute atomic E-state index is 12.9. The van der Waals surface area contributed by atoms with E-state index in [1.165, 1.54) is 0 Å². The number of aromatic amines is 1. The third-order valence-corrected chi connectivity index (χ3v) is 5.95. The molecule has 1 saturated heterocycles. The smallest absolute Gasteiger partial charge is 0.252 e. The van der Waals surface area contributed by atoms with Crippen LogP contribution in [0.3, 0.4) is 0 Å². The van der Waals surface area contributed by atoms with E-state index < -0.39 is 0 Å². The second-order valence-corrected chi connectivity index (χ2v) is 7.84. The molecule has 2 aromatic carbocycles. The minimum Gasteiger partial charge on any atom is -0.377 e. The number of amides is 1. The van der Waals surface area contributed by atoms with Crippen LogP contribution in [0.15, 0.2) is 53.4 Å². The molecule has 6 heteroatoms. The van der Waals surface area contributed by atoms with Gasteiger partial charge in [-0.2, -0.15) is 0 Å². The molecule has 0 aliphatic carbocycles. The van der Waals surface area contributed by atoms with Crippen molar-refractivity contribution >= 4 is 28.7 Å². The van der Waals surface area contributed by atoms with E-state index in [0.29, 0.717) is 11.7 Å². The Kier molecular flexibility index (Phi) is 5.45. The number of imidazole rings is 1. The first-order valence-corrected chi connectivity index (χ1v) is 10.3. The summed E-state index contributed by atoms with van der Waals surface area (Å²) < 4.78 is 5.69. The Labute approximate surface area is 162 Å². The Bertz CT molecular complexity index is 901. The number of para-hydroxylation sites is 2. The summed E-state index contributed by atoms with van der Waals surface area (Å²) in [5.74, 6) is 1.55. The number of hydrogen-bond donors (Lipinski definition) is 2. The van der Waals surface area contributed by atoms with Gasteiger partial charge in [0.1, 0.15) is 5.82 Å². The first kappa shape index (κ1) is 18.1. The van der Waals surface area contributed by atoms with Crippen LogP contribution in [0, 0.1) is 0 Å². The van der Waals surface area contributed by atoms with Crippen molar-refractivity contribution in [3.63, 3.8) is 0 Å². The van der Waals surface area contributed by atoms with Crippen molar-refractivity contribution in [2.24, 2.45) is 0 Å². The highest BCUT2D eigenvalue weighted by molar-refractivity contribution is 7.99. The van der Waals surface area contributed by atoms with Crippen LogP contribution in [0.2, 0.25) is 0 Å². The lowest BCUT2D eigenvalue weighted by molar-refractivity contribution is 0.0935. The Balaban J connectivity index is 1.45. The van der Waals surface area contributed by atoms with Gasteiger partial charge in [0.25, 0.3) is 5.91 Å². The van der Waals surface area contributed by atoms with E-state index in [-0.39, 0.29) is 11.9 Å². The Hall–Kier alpha value is -2.31. The third kappa shape index (κ3) is 4.17. The second kappa shape index (κ2) is 8.15. The van der Waals surface area contributed by atoms with E-state index in [1.54, 1.807) is 11.8 Å². The quantitative estimate of drug-likeness (QED) is 0.624. The van der Waals surface area contributed by atoms with Crippen LogP contribution in [-0.4, -0.2) is 34.3 Å². The summed E-state index contributed by atoms with van der Waals surface area (Å²) >= 11 is 1.69. The van der Waals surface area contributed by atoms with Gasteiger partial charge in [0, 0.05) is 17.3 Å². The van der Waals surface area contributed by atoms with Crippen LogP contribution in [0.1, 0.15) is 42.0 Å². The Morgan fingerprint density at radius 2 is 2.11 bits per heavy atom. The fourth-order valence-electron chi connectivity index (χ4n) is 3.26. The molecule has 5 nitrogen and oxygen atoms in total. The van der Waals surface area contributed by atoms with Crippen LogP contribution in [0.25, 0.3) is 11.0 Å². The van der Waals surface area contributed by atoms with E-state index in [0.717, 1.165) is 47.0 Å². The number of H-pyrrole nitrogens is 1. The third-order valence-electron chi connectivity index (χ3n) is 4.75. The minimum absolute atomic E-state index is 0.0848. The van der Waals surface area contributed by atoms with Crippen molar-refractivity contribution in [2.45, 2.75) is 36.8 Å². The normalized spacial score (nSPS) is 17.9. The van der Waals surface area contributed by atoms with Gasteiger partial charge >= 0.3 is 0 Å². The number of thioether (sulfide) groups is 1. The first-order chi connectivity index (χ1) is 13.2. The van der Waals surface area contributed by atoms with Crippen molar-refractivity contribution in [1.29, 1.82) is 0 Å². The highest BCUT2D eigenvalue weighted by atomic mass is 32.2. The summed E-state index contributed by atoms with van der Waals surface area (Å²) in [6.07, 6.45) is 2.52. The van der Waals surface area contributed by atoms with Gasteiger partial charge in [-0.1, -0.05) is 24.3 Å². The summed E-state index contributed by atoms with van der Waals surface area (Å²) in [6, 6.07) is 15.4. The molecule has 0 spiro atoms. The highest BCUT2D eigenvalue weighted by Crippen LogP contribution is 2.27. The molecule has 1 aromatic heterocycles. The molecule has 2 unspecified atom stereocenters. The van der Waals surface area contributed by atoms with Gasteiger partial charge in [-0.05, 0) is 44.0 Å². The molecule has 0 radical (unpaired) electrons. The number of hydrogen-bond acceptors (Lipinski definition) is 4. The maximum atomic E-state index is 12.9. The number of carbonyl (C=O) groups excluding carboxylic acids is 1. The molecular formula is C21H23N3O2S. The zero-order chi connectivity index (χ0) is 18.6. The molecule has 2 heterocycles. The molecule has 0 bridgehead atoms. The summed E-state index contributed by atoms with van der Waals surface area (Å²) in [6.45, 7) is 2.79. The van der Waals surface area contributed by atoms with Crippen LogP contribution < -0.4 is 5.32 Å². The molecule has 1 aliphatic heterocycles. The summed E-state index contributed by atoms with van der Waals surface area (Å²) in [5.41, 5.74) is 2.57. The molecule has 1 fully saturated rings. The molecule has 27 heavy (non-hydrogen) atoms. The molecular weight excluding hydrogens is 358 g/mol. The van der Waals surface area contributed by atoms with Crippen LogP contribution >= 0.6 is 11.8 Å². The second-order valence-electron chi connectivity index (χ2n) is 6.78. The van der Waals surface area contributed by atoms with Gasteiger partial charge in [0.2, 0.25) is 0 Å². The van der Waals surface area contributed by atoms with Crippen LogP contribution in [0.5, 0.6) is 0 Å². The van der Waals surface area contributed by atoms with E-state index in [4.69, 9.17) is 4.74 Å². The Morgan fingerprint density at radius 1 is 1.30 bits per heavy atom. The number of aromatic nitrogens is 2. The molecule has 0 saturated carbocycles. The van der Waals surface area contributed by atoms with Crippen LogP contribution in [0.4, 0.5) is 0 Å². The fraction of sp³-hybridized carbons (Fsp3) is 0.333. The van der Waals surface area contributed by atoms with Crippen molar-refractivity contribution in [2.75, 3.05) is 12.4 Å². The predicted molar refractivity (Wildman–Crippen MR) is 108 cm³/mol. The number of carbonyl (C=O) groups is 1. The van der Waals surface area contributed by atoms with Gasteiger partial charge < -0.3 is 15.0 Å². The maximum Gasteiger partial charge on any atom is 0.252 e. The van der Waals surface area contributed by atoms with E-state index in [1.807, 2.05) is 55.5 Å². The topological polar surface area (TPSA) is 67.0 Å². The largest absolute Gasteiger partial charge is 0.377 e. The first-order valence-electron chi connectivity index (χ1n) is 9.29. The lowest BCUT2D eigenvalue weighted by Gasteiger charge is -2.15. The lowest BCUT2D eigenvalue weighted by atomic mass is 10.2. The number of rotatable bonds is 6. The molecule has 2 atom stereocenters. The van der Waals surface area contributed by atoms with Crippen molar-refractivity contribution < 1.29 is 9.53 Å². The minimum atomic E-state index is -0.207. The zero-order valence-electron chi connectivity index (χ0n) is 15.3. The average Bonchev–Trinajstić information content (AvgIpc) is 3.36. The van der Waals surface area contributed by atoms with Crippen molar-refractivity contribution in [1.82, 2.24) is 15.3 Å². The summed E-state index contributed by atoms with van der Waals surface area (Å²) in [4.78, 5) is 21.7. The van der Waals surface area contributed by atoms with E-state index in [9.17, 15) is 4.79 Å². The number of ether oxygens (including phenoxy) is 1. The van der Waals surface area contributed by atoms with Gasteiger partial charge in [-0.25, -0.2) is 4.98 Å². The monoisotopic (exact) mass is 381 g/mol. The molecule has 3 aromatic rings. The molecule has 4 rings (SSSR count). The highest BCUT2D eigenvalue weighted by Gasteiger charge is 2.19. The zero-order valence-corrected chi connectivity index (χ0v) is 16.1. The lowest BCUT2D eigenvalue weighted by Crippen LogP contribution is -2.27. The van der Waals surface area contributed by atoms with E-state index >= 15 is 0 Å². The average molecular weight is 382 g/mol. The number of benzene rings is 2. The van der Waals surface area contributed by atoms with E-state index in [2.05, 4.69) is 15.3 Å². The molecule has 140 valence electrons. The van der Waals surface area contributed by atoms with Crippen LogP contribution in [-0.2, 0) is 4.74 Å². The van der Waals surface area contributed by atoms with Gasteiger partial charge in [0.05, 0.1) is 28.7 Å². The van der Waals surface area contributed by atoms with Gasteiger partial charge in [-0.15, -0.1) is 11.8 Å².